The Morgan fingerprint density at radius 3 is 3.00 bits per heavy atom. The fourth-order valence-electron chi connectivity index (χ4n) is 1.97. The van der Waals surface area contributed by atoms with E-state index in [0.717, 1.165) is 19.3 Å². The van der Waals surface area contributed by atoms with Crippen LogP contribution in [0.5, 0.6) is 0 Å². The summed E-state index contributed by atoms with van der Waals surface area (Å²) in [5.41, 5.74) is 0. The van der Waals surface area contributed by atoms with Crippen molar-refractivity contribution in [2.24, 2.45) is 0 Å². The van der Waals surface area contributed by atoms with Crippen LogP contribution in [0, 0.1) is 0 Å². The van der Waals surface area contributed by atoms with Crippen molar-refractivity contribution in [2.75, 3.05) is 20.3 Å². The second-order valence-corrected chi connectivity index (χ2v) is 4.10. The zero-order chi connectivity index (χ0) is 13.4. The predicted octanol–water partition coefficient (Wildman–Crippen LogP) is 1.48. The summed E-state index contributed by atoms with van der Waals surface area (Å²) in [4.78, 5) is 24.2. The van der Waals surface area contributed by atoms with Gasteiger partial charge in [0.2, 0.25) is 5.91 Å². The third-order valence-electron chi connectivity index (χ3n) is 2.86. The Morgan fingerprint density at radius 2 is 2.33 bits per heavy atom. The molecule has 0 aromatic carbocycles. The Balaban J connectivity index is 2.26. The van der Waals surface area contributed by atoms with Gasteiger partial charge in [0.1, 0.15) is 6.23 Å². The van der Waals surface area contributed by atoms with Crippen LogP contribution in [0.1, 0.15) is 32.6 Å². The van der Waals surface area contributed by atoms with E-state index in [1.165, 1.54) is 13.2 Å². The lowest BCUT2D eigenvalue weighted by atomic mass is 10.2. The van der Waals surface area contributed by atoms with E-state index in [0.29, 0.717) is 19.6 Å². The van der Waals surface area contributed by atoms with Crippen LogP contribution in [0.2, 0.25) is 0 Å². The molecule has 18 heavy (non-hydrogen) atoms. The number of rotatable bonds is 7. The molecule has 1 atom stereocenters. The normalized spacial score (nSPS) is 19.8. The van der Waals surface area contributed by atoms with Gasteiger partial charge >= 0.3 is 5.97 Å². The molecule has 0 spiro atoms. The van der Waals surface area contributed by atoms with E-state index >= 15 is 0 Å². The summed E-state index contributed by atoms with van der Waals surface area (Å²) in [5.74, 6) is -0.190. The van der Waals surface area contributed by atoms with Crippen molar-refractivity contribution in [3.05, 3.63) is 12.2 Å². The van der Waals surface area contributed by atoms with Gasteiger partial charge in [0, 0.05) is 32.1 Å². The molecule has 1 heterocycles. The predicted molar refractivity (Wildman–Crippen MR) is 66.8 cm³/mol. The van der Waals surface area contributed by atoms with Gasteiger partial charge in [0.25, 0.3) is 0 Å². The van der Waals surface area contributed by atoms with Crippen molar-refractivity contribution in [3.8, 4) is 0 Å². The number of unbranched alkanes of at least 4 members (excludes halogenated alkanes) is 1. The molecule has 5 heteroatoms. The first-order valence-electron chi connectivity index (χ1n) is 6.34. The molecule has 5 nitrogen and oxygen atoms in total. The first-order valence-corrected chi connectivity index (χ1v) is 6.34. The van der Waals surface area contributed by atoms with Gasteiger partial charge < -0.3 is 14.4 Å². The molecule has 1 fully saturated rings. The molecule has 1 saturated heterocycles. The average molecular weight is 255 g/mol. The third-order valence-corrected chi connectivity index (χ3v) is 2.86. The second-order valence-electron chi connectivity index (χ2n) is 4.10. The summed E-state index contributed by atoms with van der Waals surface area (Å²) in [5, 5.41) is 0. The van der Waals surface area contributed by atoms with Crippen LogP contribution in [0.25, 0.3) is 0 Å². The Morgan fingerprint density at radius 1 is 1.56 bits per heavy atom. The molecule has 0 bridgehead atoms. The average Bonchev–Trinajstić information content (AvgIpc) is 2.71. The van der Waals surface area contributed by atoms with Crippen LogP contribution in [-0.4, -0.2) is 43.3 Å². The van der Waals surface area contributed by atoms with E-state index in [4.69, 9.17) is 4.74 Å². The lowest BCUT2D eigenvalue weighted by Gasteiger charge is -2.24. The molecule has 0 N–H and O–H groups in total. The van der Waals surface area contributed by atoms with Crippen molar-refractivity contribution in [1.29, 1.82) is 0 Å². The lowest BCUT2D eigenvalue weighted by molar-refractivity contribution is -0.136. The van der Waals surface area contributed by atoms with Gasteiger partial charge in [0.15, 0.2) is 0 Å². The number of amides is 1. The molecule has 0 radical (unpaired) electrons. The number of methoxy groups -OCH3 is 1. The number of hydrogen-bond acceptors (Lipinski definition) is 4. The van der Waals surface area contributed by atoms with E-state index in [1.54, 1.807) is 11.0 Å². The first-order chi connectivity index (χ1) is 8.69. The Hall–Kier alpha value is -1.36. The zero-order valence-electron chi connectivity index (χ0n) is 11.1. The second kappa shape index (κ2) is 7.87. The third kappa shape index (κ3) is 4.49. The lowest BCUT2D eigenvalue weighted by Crippen LogP contribution is -2.35. The molecular weight excluding hydrogens is 234 g/mol. The highest BCUT2D eigenvalue weighted by molar-refractivity contribution is 5.81. The smallest absolute Gasteiger partial charge is 0.330 e. The summed E-state index contributed by atoms with van der Waals surface area (Å²) in [7, 11) is 1.35. The fraction of sp³-hybridized carbons (Fsp3) is 0.692. The quantitative estimate of drug-likeness (QED) is 0.393. The van der Waals surface area contributed by atoms with Crippen molar-refractivity contribution in [1.82, 2.24) is 4.90 Å². The first kappa shape index (κ1) is 14.7. The Bertz CT molecular complexity index is 314. The van der Waals surface area contributed by atoms with E-state index < -0.39 is 0 Å². The highest BCUT2D eigenvalue weighted by Crippen LogP contribution is 2.20. The van der Waals surface area contributed by atoms with E-state index in [2.05, 4.69) is 4.74 Å². The fourth-order valence-corrected chi connectivity index (χ4v) is 1.97. The maximum Gasteiger partial charge on any atom is 0.330 e. The molecule has 1 unspecified atom stereocenters. The van der Waals surface area contributed by atoms with Crippen molar-refractivity contribution < 1.29 is 19.1 Å². The maximum atomic E-state index is 11.6. The summed E-state index contributed by atoms with van der Waals surface area (Å²) < 4.78 is 10.00. The topological polar surface area (TPSA) is 55.8 Å². The summed E-state index contributed by atoms with van der Waals surface area (Å²) in [6.07, 6.45) is 6.04. The monoisotopic (exact) mass is 255 g/mol. The highest BCUT2D eigenvalue weighted by Gasteiger charge is 2.30. The van der Waals surface area contributed by atoms with Gasteiger partial charge in [-0.3, -0.25) is 4.79 Å². The zero-order valence-corrected chi connectivity index (χ0v) is 11.1. The van der Waals surface area contributed by atoms with Gasteiger partial charge in [0.05, 0.1) is 7.11 Å². The highest BCUT2D eigenvalue weighted by atomic mass is 16.5. The van der Waals surface area contributed by atoms with E-state index in [1.807, 2.05) is 6.92 Å². The van der Waals surface area contributed by atoms with Crippen LogP contribution in [-0.2, 0) is 19.1 Å². The minimum Gasteiger partial charge on any atom is -0.466 e. The van der Waals surface area contributed by atoms with Gasteiger partial charge in [-0.2, -0.15) is 0 Å². The number of ether oxygens (including phenoxy) is 2. The molecule has 1 amide bonds. The number of nitrogens with zero attached hydrogens (tertiary/aromatic N) is 1. The summed E-state index contributed by atoms with van der Waals surface area (Å²) in [6.45, 7) is 3.23. The minimum atomic E-state index is -0.348. The minimum absolute atomic E-state index is 0.0629. The number of likely N-dealkylation sites (tertiary alicyclic amines) is 1. The van der Waals surface area contributed by atoms with Crippen LogP contribution in [0.4, 0.5) is 0 Å². The SMILES string of the molecule is CCOC1CCC(=O)N1CCCC=CC(=O)OC. The molecule has 1 aliphatic heterocycles. The van der Waals surface area contributed by atoms with Crippen molar-refractivity contribution in [3.63, 3.8) is 0 Å². The van der Waals surface area contributed by atoms with Crippen LogP contribution in [0.15, 0.2) is 12.2 Å². The van der Waals surface area contributed by atoms with Gasteiger partial charge in [-0.15, -0.1) is 0 Å². The Kier molecular flexibility index (Phi) is 6.43. The van der Waals surface area contributed by atoms with E-state index in [-0.39, 0.29) is 18.1 Å². The number of carbonyl (C=O) groups excluding carboxylic acids is 2. The standard InChI is InChI=1S/C13H21NO4/c1-3-18-12-9-8-11(15)14(12)10-6-4-5-7-13(16)17-2/h5,7,12H,3-4,6,8-10H2,1-2H3. The largest absolute Gasteiger partial charge is 0.466 e. The van der Waals surface area contributed by atoms with Gasteiger partial charge in [-0.05, 0) is 19.8 Å². The number of carbonyl (C=O) groups is 2. The molecule has 1 aliphatic rings. The van der Waals surface area contributed by atoms with Crippen LogP contribution >= 0.6 is 0 Å². The van der Waals surface area contributed by atoms with Crippen LogP contribution in [0.3, 0.4) is 0 Å². The Labute approximate surface area is 108 Å². The van der Waals surface area contributed by atoms with Crippen molar-refractivity contribution >= 4 is 11.9 Å². The maximum absolute atomic E-state index is 11.6. The molecule has 0 aliphatic carbocycles. The molecule has 0 aromatic heterocycles. The summed E-state index contributed by atoms with van der Waals surface area (Å²) in [6, 6.07) is 0. The van der Waals surface area contributed by atoms with Gasteiger partial charge in [-0.25, -0.2) is 4.79 Å². The number of allylic oxidation sites excluding steroid dienone is 1. The van der Waals surface area contributed by atoms with Crippen LogP contribution < -0.4 is 0 Å². The molecule has 1 rings (SSSR count). The molecular formula is C13H21NO4. The van der Waals surface area contributed by atoms with Gasteiger partial charge in [-0.1, -0.05) is 6.08 Å². The van der Waals surface area contributed by atoms with Crippen molar-refractivity contribution in [2.45, 2.75) is 38.8 Å². The number of esters is 1. The van der Waals surface area contributed by atoms with E-state index in [9.17, 15) is 9.59 Å². The number of hydrogen-bond donors (Lipinski definition) is 0. The molecule has 102 valence electrons. The molecule has 0 aromatic rings. The summed E-state index contributed by atoms with van der Waals surface area (Å²) >= 11 is 0. The molecule has 0 saturated carbocycles.